The Balaban J connectivity index is 1.42. The molecule has 0 amide bonds. The fraction of sp³-hybridized carbons (Fsp3) is 0.0857. The zero-order chi connectivity index (χ0) is 32.4. The summed E-state index contributed by atoms with van der Waals surface area (Å²) in [5, 5.41) is 11.3. The van der Waals surface area contributed by atoms with Gasteiger partial charge in [-0.25, -0.2) is 31.5 Å². The monoisotopic (exact) mass is 633 g/mol. The van der Waals surface area contributed by atoms with Crippen molar-refractivity contribution in [2.24, 2.45) is 0 Å². The Morgan fingerprint density at radius 1 is 0.913 bits per heavy atom. The van der Waals surface area contributed by atoms with Crippen LogP contribution in [0.2, 0.25) is 0 Å². The predicted molar refractivity (Wildman–Crippen MR) is 170 cm³/mol. The number of ether oxygens (including phenoxy) is 1. The standard InChI is InChI=1S/C35H25F2N5O3S/c1-22-33(17-26(19-38)35(41-22)25-14-27(36)18-28(37)15-25)32-5-3-4-24-16-30(10-11-31(24)32)46(43,44)42(34-12-13-39-21-40-34)20-23-6-8-29(45-2)9-7-23/h3-18,21H,20H2,1-2H3. The molecule has 6 rings (SSSR count). The zero-order valence-electron chi connectivity index (χ0n) is 24.6. The first-order valence-corrected chi connectivity index (χ1v) is 15.4. The van der Waals surface area contributed by atoms with Crippen LogP contribution in [0.4, 0.5) is 14.6 Å². The summed E-state index contributed by atoms with van der Waals surface area (Å²) in [6, 6.07) is 25.6. The number of anilines is 1. The number of aromatic nitrogens is 3. The lowest BCUT2D eigenvalue weighted by atomic mass is 9.94. The van der Waals surface area contributed by atoms with Gasteiger partial charge < -0.3 is 4.74 Å². The van der Waals surface area contributed by atoms with Gasteiger partial charge in [0.05, 0.1) is 29.8 Å². The topological polar surface area (TPSA) is 109 Å². The number of fused-ring (bicyclic) bond motifs is 1. The number of pyridine rings is 1. The minimum atomic E-state index is -4.10. The van der Waals surface area contributed by atoms with Crippen molar-refractivity contribution in [2.45, 2.75) is 18.4 Å². The molecule has 8 nitrogen and oxygen atoms in total. The van der Waals surface area contributed by atoms with Crippen LogP contribution in [0.25, 0.3) is 33.2 Å². The third-order valence-electron chi connectivity index (χ3n) is 7.51. The second kappa shape index (κ2) is 12.3. The molecule has 6 aromatic rings. The van der Waals surface area contributed by atoms with Gasteiger partial charge in [-0.2, -0.15) is 5.26 Å². The molecule has 228 valence electrons. The molecule has 0 unspecified atom stereocenters. The lowest BCUT2D eigenvalue weighted by Gasteiger charge is -2.24. The molecule has 0 aliphatic carbocycles. The molecule has 0 spiro atoms. The first-order chi connectivity index (χ1) is 22.2. The molecule has 0 radical (unpaired) electrons. The third-order valence-corrected chi connectivity index (χ3v) is 9.25. The fourth-order valence-electron chi connectivity index (χ4n) is 5.28. The Bertz CT molecular complexity index is 2220. The van der Waals surface area contributed by atoms with Crippen molar-refractivity contribution in [2.75, 3.05) is 11.4 Å². The molecule has 0 bridgehead atoms. The summed E-state index contributed by atoms with van der Waals surface area (Å²) in [6.07, 6.45) is 2.77. The van der Waals surface area contributed by atoms with E-state index in [0.717, 1.165) is 29.1 Å². The molecule has 4 aromatic carbocycles. The molecule has 46 heavy (non-hydrogen) atoms. The molecular weight excluding hydrogens is 608 g/mol. The average Bonchev–Trinajstić information content (AvgIpc) is 3.06. The third kappa shape index (κ3) is 5.86. The number of hydrogen-bond acceptors (Lipinski definition) is 7. The van der Waals surface area contributed by atoms with E-state index in [1.54, 1.807) is 68.6 Å². The molecule has 2 aromatic heterocycles. The van der Waals surface area contributed by atoms with E-state index >= 15 is 0 Å². The second-order valence-electron chi connectivity index (χ2n) is 10.4. The lowest BCUT2D eigenvalue weighted by molar-refractivity contribution is 0.414. The summed E-state index contributed by atoms with van der Waals surface area (Å²) in [4.78, 5) is 12.8. The number of sulfonamides is 1. The smallest absolute Gasteiger partial charge is 0.265 e. The molecule has 0 aliphatic heterocycles. The van der Waals surface area contributed by atoms with Crippen LogP contribution in [-0.2, 0) is 16.6 Å². The number of benzene rings is 4. The van der Waals surface area contributed by atoms with E-state index in [1.165, 1.54) is 29.0 Å². The average molecular weight is 634 g/mol. The highest BCUT2D eigenvalue weighted by Gasteiger charge is 2.27. The van der Waals surface area contributed by atoms with E-state index in [-0.39, 0.29) is 34.1 Å². The number of halogens is 2. The predicted octanol–water partition coefficient (Wildman–Crippen LogP) is 7.22. The SMILES string of the molecule is COc1ccc(CN(c2ccncn2)S(=O)(=O)c2ccc3c(-c4cc(C#N)c(-c5cc(F)cc(F)c5)nc4C)cccc3c2)cc1. The summed E-state index contributed by atoms with van der Waals surface area (Å²) in [5.74, 6) is -0.687. The highest BCUT2D eigenvalue weighted by molar-refractivity contribution is 7.92. The van der Waals surface area contributed by atoms with Gasteiger partial charge in [-0.05, 0) is 71.3 Å². The van der Waals surface area contributed by atoms with E-state index in [4.69, 9.17) is 4.74 Å². The zero-order valence-corrected chi connectivity index (χ0v) is 25.5. The molecule has 0 saturated carbocycles. The number of nitrogens with zero attached hydrogens (tertiary/aromatic N) is 5. The number of nitriles is 1. The van der Waals surface area contributed by atoms with E-state index in [9.17, 15) is 22.5 Å². The van der Waals surface area contributed by atoms with E-state index < -0.39 is 21.7 Å². The largest absolute Gasteiger partial charge is 0.497 e. The molecular formula is C35H25F2N5O3S. The van der Waals surface area contributed by atoms with Crippen molar-refractivity contribution in [3.05, 3.63) is 132 Å². The highest BCUT2D eigenvalue weighted by atomic mass is 32.2. The number of aryl methyl sites for hydroxylation is 1. The van der Waals surface area contributed by atoms with Crippen molar-refractivity contribution >= 4 is 26.6 Å². The van der Waals surface area contributed by atoms with Crippen LogP contribution in [0.1, 0.15) is 16.8 Å². The van der Waals surface area contributed by atoms with E-state index in [1.807, 2.05) is 6.07 Å². The maximum atomic E-state index is 14.2. The molecule has 0 atom stereocenters. The maximum Gasteiger partial charge on any atom is 0.265 e. The van der Waals surface area contributed by atoms with E-state index in [0.29, 0.717) is 28.0 Å². The summed E-state index contributed by atoms with van der Waals surface area (Å²) >= 11 is 0. The second-order valence-corrected chi connectivity index (χ2v) is 12.3. The van der Waals surface area contributed by atoms with Gasteiger partial charge in [0.15, 0.2) is 0 Å². The van der Waals surface area contributed by atoms with Gasteiger partial charge in [0, 0.05) is 35.2 Å². The van der Waals surface area contributed by atoms with Gasteiger partial charge in [0.1, 0.15) is 35.6 Å². The Hall–Kier alpha value is -5.73. The molecule has 0 N–H and O–H groups in total. The normalized spacial score (nSPS) is 11.3. The minimum Gasteiger partial charge on any atom is -0.497 e. The Morgan fingerprint density at radius 3 is 2.35 bits per heavy atom. The molecule has 0 fully saturated rings. The minimum absolute atomic E-state index is 0.0186. The fourth-order valence-corrected chi connectivity index (χ4v) is 6.72. The van der Waals surface area contributed by atoms with Crippen molar-refractivity contribution in [1.29, 1.82) is 5.26 Å². The van der Waals surface area contributed by atoms with Gasteiger partial charge in [0.2, 0.25) is 0 Å². The van der Waals surface area contributed by atoms with E-state index in [2.05, 4.69) is 21.0 Å². The maximum absolute atomic E-state index is 14.2. The van der Waals surface area contributed by atoms with Gasteiger partial charge >= 0.3 is 0 Å². The summed E-state index contributed by atoms with van der Waals surface area (Å²) in [7, 11) is -2.55. The van der Waals surface area contributed by atoms with Gasteiger partial charge in [-0.1, -0.05) is 36.4 Å². The summed E-state index contributed by atoms with van der Waals surface area (Å²) < 4.78 is 62.7. The summed E-state index contributed by atoms with van der Waals surface area (Å²) in [5.41, 5.74) is 3.05. The number of rotatable bonds is 8. The summed E-state index contributed by atoms with van der Waals surface area (Å²) in [6.45, 7) is 1.76. The van der Waals surface area contributed by atoms with Crippen LogP contribution in [-0.4, -0.2) is 30.5 Å². The molecule has 0 saturated heterocycles. The van der Waals surface area contributed by atoms with Gasteiger partial charge in [-0.15, -0.1) is 0 Å². The Morgan fingerprint density at radius 2 is 1.67 bits per heavy atom. The Kier molecular flexibility index (Phi) is 8.13. The molecule has 2 heterocycles. The molecule has 0 aliphatic rings. The highest BCUT2D eigenvalue weighted by Crippen LogP contribution is 2.36. The molecule has 11 heteroatoms. The van der Waals surface area contributed by atoms with Crippen molar-refractivity contribution in [1.82, 2.24) is 15.0 Å². The first-order valence-electron chi connectivity index (χ1n) is 14.0. The number of hydrogen-bond donors (Lipinski definition) is 0. The number of methoxy groups -OCH3 is 1. The Labute approximate surface area is 264 Å². The lowest BCUT2D eigenvalue weighted by Crippen LogP contribution is -2.31. The van der Waals surface area contributed by atoms with Crippen LogP contribution >= 0.6 is 0 Å². The first kappa shape index (κ1) is 30.3. The van der Waals surface area contributed by atoms with Gasteiger partial charge in [-0.3, -0.25) is 4.98 Å². The van der Waals surface area contributed by atoms with Crippen molar-refractivity contribution in [3.63, 3.8) is 0 Å². The van der Waals surface area contributed by atoms with Crippen LogP contribution in [0.3, 0.4) is 0 Å². The van der Waals surface area contributed by atoms with Crippen LogP contribution in [0.5, 0.6) is 5.75 Å². The van der Waals surface area contributed by atoms with Crippen LogP contribution < -0.4 is 9.04 Å². The quantitative estimate of drug-likeness (QED) is 0.174. The van der Waals surface area contributed by atoms with Crippen LogP contribution in [0, 0.1) is 29.9 Å². The van der Waals surface area contributed by atoms with Crippen molar-refractivity contribution in [3.8, 4) is 34.2 Å². The van der Waals surface area contributed by atoms with Gasteiger partial charge in [0.25, 0.3) is 10.0 Å². The van der Waals surface area contributed by atoms with Crippen LogP contribution in [0.15, 0.2) is 108 Å². The van der Waals surface area contributed by atoms with Crippen molar-refractivity contribution < 1.29 is 21.9 Å².